The molecule has 1 unspecified atom stereocenters. The number of anilines is 3. The average molecular weight is 723 g/mol. The molecule has 2 saturated heterocycles. The van der Waals surface area contributed by atoms with E-state index in [0.717, 1.165) is 61.4 Å². The molecule has 0 bridgehead atoms. The number of amidine groups is 1. The highest BCUT2D eigenvalue weighted by molar-refractivity contribution is 6.24. The minimum absolute atomic E-state index is 0.0559. The Morgan fingerprint density at radius 3 is 2.31 bits per heavy atom. The van der Waals surface area contributed by atoms with E-state index in [4.69, 9.17) is 21.7 Å². The van der Waals surface area contributed by atoms with E-state index in [9.17, 15) is 23.2 Å². The zero-order valence-corrected chi connectivity index (χ0v) is 29.4. The van der Waals surface area contributed by atoms with Gasteiger partial charge in [0.1, 0.15) is 24.0 Å². The number of nitrogens with two attached hydrogens (primary N) is 1. The molecule has 4 rings (SSSR count). The molecule has 52 heavy (non-hydrogen) atoms. The molecule has 0 radical (unpaired) electrons. The van der Waals surface area contributed by atoms with Crippen LogP contribution in [0, 0.1) is 10.8 Å². The first-order chi connectivity index (χ1) is 24.8. The van der Waals surface area contributed by atoms with Crippen molar-refractivity contribution in [2.45, 2.75) is 50.5 Å². The largest absolute Gasteiger partial charge is 0.509 e. The molecule has 2 fully saturated rings. The number of aliphatic hydroxyl groups is 1. The van der Waals surface area contributed by atoms with Crippen LogP contribution in [0.25, 0.3) is 5.57 Å². The Kier molecular flexibility index (Phi) is 14.2. The number of hydrogen-bond donors (Lipinski definition) is 6. The van der Waals surface area contributed by atoms with Crippen molar-refractivity contribution in [2.24, 2.45) is 5.73 Å². The smallest absolute Gasteiger partial charge is 0.418 e. The lowest BCUT2D eigenvalue weighted by atomic mass is 9.99. The van der Waals surface area contributed by atoms with Crippen LogP contribution in [0.3, 0.4) is 0 Å². The monoisotopic (exact) mass is 722 g/mol. The third kappa shape index (κ3) is 11.3. The van der Waals surface area contributed by atoms with Gasteiger partial charge in [-0.2, -0.15) is 18.2 Å². The van der Waals surface area contributed by atoms with E-state index in [1.165, 1.54) is 19.2 Å². The second-order valence-electron chi connectivity index (χ2n) is 13.0. The molecule has 0 saturated carbocycles. The number of aliphatic hydroxyl groups excluding tert-OH is 1. The Labute approximate surface area is 303 Å². The Morgan fingerprint density at radius 1 is 1.06 bits per heavy atom. The van der Waals surface area contributed by atoms with Gasteiger partial charge in [-0.25, -0.2) is 0 Å². The van der Waals surface area contributed by atoms with Crippen LogP contribution >= 0.6 is 0 Å². The van der Waals surface area contributed by atoms with Crippen LogP contribution in [0.5, 0.6) is 0 Å². The molecule has 2 heterocycles. The third-order valence-electron chi connectivity index (χ3n) is 9.31. The van der Waals surface area contributed by atoms with Crippen LogP contribution in [-0.4, -0.2) is 96.6 Å². The number of rotatable bonds is 16. The van der Waals surface area contributed by atoms with Gasteiger partial charge in [0.05, 0.1) is 5.56 Å². The number of piperidine rings is 1. The van der Waals surface area contributed by atoms with Gasteiger partial charge in [0.2, 0.25) is 0 Å². The highest BCUT2D eigenvalue weighted by atomic mass is 19.4. The first-order valence-electron chi connectivity index (χ1n) is 17.3. The zero-order valence-electron chi connectivity index (χ0n) is 29.4. The molecule has 2 aliphatic rings. The lowest BCUT2D eigenvalue weighted by Gasteiger charge is -2.44. The first-order valence-corrected chi connectivity index (χ1v) is 17.3. The van der Waals surface area contributed by atoms with Crippen molar-refractivity contribution in [1.82, 2.24) is 9.96 Å². The second kappa shape index (κ2) is 18.5. The number of nitrogens with zero attached hydrogens (tertiary/aromatic N) is 4. The molecule has 0 aromatic heterocycles. The topological polar surface area (TPSA) is 156 Å². The summed E-state index contributed by atoms with van der Waals surface area (Å²) in [5.74, 6) is -0.188. The summed E-state index contributed by atoms with van der Waals surface area (Å²) in [7, 11) is 1.38. The summed E-state index contributed by atoms with van der Waals surface area (Å²) in [5, 5.41) is 39.1. The van der Waals surface area contributed by atoms with Gasteiger partial charge in [-0.05, 0) is 67.3 Å². The molecule has 0 amide bonds. The van der Waals surface area contributed by atoms with Crippen molar-refractivity contribution in [3.8, 4) is 0 Å². The minimum Gasteiger partial charge on any atom is -0.509 e. The van der Waals surface area contributed by atoms with E-state index >= 15 is 0 Å². The number of carbonyl (C=O) groups excluding carboxylic acids is 1. The van der Waals surface area contributed by atoms with E-state index in [1.807, 2.05) is 24.3 Å². The maximum Gasteiger partial charge on any atom is 0.418 e. The summed E-state index contributed by atoms with van der Waals surface area (Å²) >= 11 is 0. The van der Waals surface area contributed by atoms with Crippen molar-refractivity contribution < 1.29 is 28.3 Å². The number of aldehydes is 1. The molecular formula is C38H49F3N8O3. The molecule has 14 heteroatoms. The highest BCUT2D eigenvalue weighted by Gasteiger charge is 2.37. The van der Waals surface area contributed by atoms with Gasteiger partial charge in [0.15, 0.2) is 0 Å². The normalized spacial score (nSPS) is 17.2. The summed E-state index contributed by atoms with van der Waals surface area (Å²) in [5.41, 5.74) is 8.01. The Balaban J connectivity index is 1.32. The number of carbonyl (C=O) groups is 1. The maximum absolute atomic E-state index is 14.2. The molecule has 7 N–H and O–H groups in total. The number of benzene rings is 2. The van der Waals surface area contributed by atoms with Gasteiger partial charge in [0, 0.05) is 93.5 Å². The summed E-state index contributed by atoms with van der Waals surface area (Å²) in [6.45, 7) is 7.63. The Morgan fingerprint density at radius 2 is 1.73 bits per heavy atom. The van der Waals surface area contributed by atoms with E-state index in [-0.39, 0.29) is 47.6 Å². The molecular weight excluding hydrogens is 673 g/mol. The van der Waals surface area contributed by atoms with Gasteiger partial charge >= 0.3 is 6.18 Å². The van der Waals surface area contributed by atoms with Crippen molar-refractivity contribution in [3.63, 3.8) is 0 Å². The van der Waals surface area contributed by atoms with Crippen molar-refractivity contribution >= 4 is 40.5 Å². The third-order valence-corrected chi connectivity index (χ3v) is 9.31. The molecule has 11 nitrogen and oxygen atoms in total. The van der Waals surface area contributed by atoms with Crippen LogP contribution in [0.4, 0.5) is 30.2 Å². The Bertz CT molecular complexity index is 1640. The SMILES string of the molecule is C=C(O)/C=C\C=C/CC(=N)/C=C(\C(=N)N)c1ccc(N2CCN(C3CCN(c4ccc(NC(CCC=O)N(C)O)cc4C(F)(F)F)CC3)CC2)cc1. The maximum atomic E-state index is 14.2. The molecule has 0 aliphatic carbocycles. The number of hydroxylamine groups is 2. The number of hydrogen-bond acceptors (Lipinski definition) is 10. The van der Waals surface area contributed by atoms with Crippen molar-refractivity contribution in [2.75, 3.05) is 61.4 Å². The number of alkyl halides is 3. The van der Waals surface area contributed by atoms with E-state index in [2.05, 4.69) is 21.7 Å². The fraction of sp³-hybridized carbons (Fsp3) is 0.395. The quantitative estimate of drug-likeness (QED) is 0.0218. The van der Waals surface area contributed by atoms with Crippen molar-refractivity contribution in [1.29, 1.82) is 10.8 Å². The van der Waals surface area contributed by atoms with E-state index < -0.39 is 17.9 Å². The number of halogens is 3. The fourth-order valence-electron chi connectivity index (χ4n) is 6.56. The van der Waals surface area contributed by atoms with Gasteiger partial charge < -0.3 is 41.4 Å². The van der Waals surface area contributed by atoms with Gasteiger partial charge in [0.25, 0.3) is 0 Å². The minimum atomic E-state index is -4.57. The summed E-state index contributed by atoms with van der Waals surface area (Å²) in [6.07, 6.45) is 5.76. The molecule has 2 aromatic rings. The van der Waals surface area contributed by atoms with E-state index in [0.29, 0.717) is 31.4 Å². The molecule has 280 valence electrons. The predicted octanol–water partition coefficient (Wildman–Crippen LogP) is 6.45. The van der Waals surface area contributed by atoms with Crippen LogP contribution < -0.4 is 20.9 Å². The molecule has 0 spiro atoms. The average Bonchev–Trinajstić information content (AvgIpc) is 3.11. The summed E-state index contributed by atoms with van der Waals surface area (Å²) in [6, 6.07) is 12.2. The molecule has 1 atom stereocenters. The highest BCUT2D eigenvalue weighted by Crippen LogP contribution is 2.40. The van der Waals surface area contributed by atoms with Crippen molar-refractivity contribution in [3.05, 3.63) is 96.3 Å². The lowest BCUT2D eigenvalue weighted by Crippen LogP contribution is -2.53. The van der Waals surface area contributed by atoms with Crippen LogP contribution in [-0.2, 0) is 11.0 Å². The fourth-order valence-corrected chi connectivity index (χ4v) is 6.56. The lowest BCUT2D eigenvalue weighted by molar-refractivity contribution is -0.137. The molecule has 2 aliphatic heterocycles. The van der Waals surface area contributed by atoms with Gasteiger partial charge in [-0.3, -0.25) is 10.3 Å². The zero-order chi connectivity index (χ0) is 37.8. The number of nitrogens with one attached hydrogen (secondary N) is 3. The van der Waals surface area contributed by atoms with Crippen LogP contribution in [0.1, 0.15) is 43.2 Å². The first kappa shape index (κ1) is 39.9. The predicted molar refractivity (Wildman–Crippen MR) is 201 cm³/mol. The summed E-state index contributed by atoms with van der Waals surface area (Å²) < 4.78 is 42.7. The van der Waals surface area contributed by atoms with E-state index in [1.54, 1.807) is 35.3 Å². The second-order valence-corrected chi connectivity index (χ2v) is 13.0. The van der Waals surface area contributed by atoms with Crippen LogP contribution in [0.2, 0.25) is 0 Å². The van der Waals surface area contributed by atoms with Gasteiger partial charge in [-0.1, -0.05) is 36.9 Å². The van der Waals surface area contributed by atoms with Gasteiger partial charge in [-0.15, -0.1) is 0 Å². The molecule has 2 aromatic carbocycles. The summed E-state index contributed by atoms with van der Waals surface area (Å²) in [4.78, 5) is 17.3. The number of allylic oxidation sites excluding steroid dienone is 5. The number of piperazine rings is 1. The van der Waals surface area contributed by atoms with Crippen LogP contribution in [0.15, 0.2) is 85.2 Å². The Hall–Kier alpha value is -4.92. The standard InChI is InChI=1S/C38H49F3N8O3/c1-27(51)7-4-3-5-8-29(42)25-33(37(43)44)28-10-13-31(14-11-28)47-20-22-48(23-21-47)32-16-18-49(19-17-32)35-15-12-30(26-34(35)38(39,40)41)45-36(46(2)52)9-6-24-50/h3-5,7,10-15,24-26,32,36,42,45,51-52H,1,6,8-9,16-23H2,2H3,(H3,43,44)/b5-3-,7-4-,33-25-,42-29?.